The average molecular weight is 460 g/mol. The molecule has 0 bridgehead atoms. The van der Waals surface area contributed by atoms with Crippen molar-refractivity contribution in [1.82, 2.24) is 4.98 Å². The minimum atomic E-state index is -0.855. The maximum Gasteiger partial charge on any atom is 0.323 e. The lowest BCUT2D eigenvalue weighted by Gasteiger charge is -2.20. The summed E-state index contributed by atoms with van der Waals surface area (Å²) >= 11 is 1.54. The number of nitrogens with zero attached hydrogens (tertiary/aromatic N) is 1. The molecule has 1 aromatic heterocycles. The predicted octanol–water partition coefficient (Wildman–Crippen LogP) is 5.86. The van der Waals surface area contributed by atoms with E-state index in [1.807, 2.05) is 26.0 Å². The molecule has 1 heterocycles. The monoisotopic (exact) mass is 459 g/mol. The minimum Gasteiger partial charge on any atom is -0.469 e. The van der Waals surface area contributed by atoms with Crippen molar-refractivity contribution >= 4 is 34.7 Å². The van der Waals surface area contributed by atoms with Crippen molar-refractivity contribution in [3.8, 4) is 10.4 Å². The summed E-state index contributed by atoms with van der Waals surface area (Å²) in [5.74, 6) is -1.82. The largest absolute Gasteiger partial charge is 0.469 e. The van der Waals surface area contributed by atoms with Crippen LogP contribution in [0, 0.1) is 17.0 Å². The fourth-order valence-electron chi connectivity index (χ4n) is 2.95. The van der Waals surface area contributed by atoms with Crippen LogP contribution in [0.15, 0.2) is 48.7 Å². The second-order valence-electron chi connectivity index (χ2n) is 7.77. The van der Waals surface area contributed by atoms with Gasteiger partial charge in [0.1, 0.15) is 11.6 Å². The van der Waals surface area contributed by atoms with Gasteiger partial charge in [-0.25, -0.2) is 18.6 Å². The molecular formula is C23H23F2N3O3S. The van der Waals surface area contributed by atoms with Crippen molar-refractivity contribution in [3.63, 3.8) is 0 Å². The molecule has 9 heteroatoms. The number of hydrogen-bond donors (Lipinski definition) is 2. The first-order chi connectivity index (χ1) is 15.2. The van der Waals surface area contributed by atoms with E-state index in [4.69, 9.17) is 4.74 Å². The van der Waals surface area contributed by atoms with E-state index in [1.165, 1.54) is 18.4 Å². The molecule has 0 aliphatic rings. The number of aryl methyl sites for hydroxylation is 1. The van der Waals surface area contributed by atoms with E-state index >= 15 is 0 Å². The van der Waals surface area contributed by atoms with Gasteiger partial charge in [0.2, 0.25) is 0 Å². The molecule has 3 aromatic rings. The van der Waals surface area contributed by atoms with Gasteiger partial charge in [-0.15, -0.1) is 11.3 Å². The summed E-state index contributed by atoms with van der Waals surface area (Å²) in [5, 5.41) is 5.86. The molecule has 0 atom stereocenters. The van der Waals surface area contributed by atoms with E-state index in [-0.39, 0.29) is 11.7 Å². The standard InChI is InChI=1S/C23H23F2N3O3S/c1-23(2,21(29)31-3)11-10-20-26-13-19(32-20)14-4-7-16(8-5-14)27-22(30)28-18-9-6-15(24)12-17(18)25/h4-9,12-13H,10-11H2,1-3H3,(H2,27,28,30). The van der Waals surface area contributed by atoms with Crippen LogP contribution in [0.4, 0.5) is 25.0 Å². The number of rotatable bonds is 7. The summed E-state index contributed by atoms with van der Waals surface area (Å²) < 4.78 is 31.5. The highest BCUT2D eigenvalue weighted by Crippen LogP contribution is 2.30. The van der Waals surface area contributed by atoms with Crippen molar-refractivity contribution in [2.45, 2.75) is 26.7 Å². The maximum absolute atomic E-state index is 13.7. The Morgan fingerprint density at radius 3 is 2.47 bits per heavy atom. The number of esters is 1. The SMILES string of the molecule is COC(=O)C(C)(C)CCc1ncc(-c2ccc(NC(=O)Nc3ccc(F)cc3F)cc2)s1. The van der Waals surface area contributed by atoms with Gasteiger partial charge in [0.05, 0.1) is 28.1 Å². The lowest BCUT2D eigenvalue weighted by atomic mass is 9.88. The molecule has 0 unspecified atom stereocenters. The number of nitrogens with one attached hydrogen (secondary N) is 2. The number of amides is 2. The number of urea groups is 1. The molecule has 0 aliphatic carbocycles. The third-order valence-corrected chi connectivity index (χ3v) is 5.97. The molecular weight excluding hydrogens is 436 g/mol. The minimum absolute atomic E-state index is 0.118. The number of carbonyl (C=O) groups excluding carboxylic acids is 2. The van der Waals surface area contributed by atoms with Crippen molar-refractivity contribution in [1.29, 1.82) is 0 Å². The van der Waals surface area contributed by atoms with Crippen LogP contribution in [0.25, 0.3) is 10.4 Å². The summed E-state index contributed by atoms with van der Waals surface area (Å²) in [7, 11) is 1.38. The van der Waals surface area contributed by atoms with E-state index in [9.17, 15) is 18.4 Å². The lowest BCUT2D eigenvalue weighted by Crippen LogP contribution is -2.26. The summed E-state index contributed by atoms with van der Waals surface area (Å²) in [5.41, 5.74) is 0.744. The molecule has 32 heavy (non-hydrogen) atoms. The Hall–Kier alpha value is -3.33. The van der Waals surface area contributed by atoms with Gasteiger partial charge >= 0.3 is 12.0 Å². The van der Waals surface area contributed by atoms with Gasteiger partial charge < -0.3 is 15.4 Å². The Morgan fingerprint density at radius 1 is 1.09 bits per heavy atom. The Bertz CT molecular complexity index is 1110. The molecule has 0 spiro atoms. The Morgan fingerprint density at radius 2 is 1.81 bits per heavy atom. The maximum atomic E-state index is 13.7. The van der Waals surface area contributed by atoms with E-state index in [0.717, 1.165) is 27.6 Å². The molecule has 0 aliphatic heterocycles. The first-order valence-corrected chi connectivity index (χ1v) is 10.7. The van der Waals surface area contributed by atoms with Crippen LogP contribution >= 0.6 is 11.3 Å². The normalized spacial score (nSPS) is 11.2. The van der Waals surface area contributed by atoms with Crippen molar-refractivity contribution in [2.75, 3.05) is 17.7 Å². The number of hydrogen-bond acceptors (Lipinski definition) is 5. The first-order valence-electron chi connectivity index (χ1n) is 9.84. The molecule has 6 nitrogen and oxygen atoms in total. The van der Waals surface area contributed by atoms with Crippen LogP contribution in [-0.2, 0) is 16.0 Å². The lowest BCUT2D eigenvalue weighted by molar-refractivity contribution is -0.151. The van der Waals surface area contributed by atoms with Crippen LogP contribution in [0.5, 0.6) is 0 Å². The number of thiazole rings is 1. The number of benzene rings is 2. The molecule has 0 radical (unpaired) electrons. The van der Waals surface area contributed by atoms with Gasteiger partial charge in [-0.05, 0) is 50.1 Å². The predicted molar refractivity (Wildman–Crippen MR) is 121 cm³/mol. The highest BCUT2D eigenvalue weighted by molar-refractivity contribution is 7.15. The van der Waals surface area contributed by atoms with Crippen LogP contribution in [-0.4, -0.2) is 24.1 Å². The Balaban J connectivity index is 1.58. The van der Waals surface area contributed by atoms with Gasteiger partial charge in [-0.3, -0.25) is 4.79 Å². The highest BCUT2D eigenvalue weighted by atomic mass is 32.1. The van der Waals surface area contributed by atoms with E-state index in [1.54, 1.807) is 18.3 Å². The van der Waals surface area contributed by atoms with E-state index in [0.29, 0.717) is 24.6 Å². The number of ether oxygens (including phenoxy) is 1. The van der Waals surface area contributed by atoms with Gasteiger partial charge in [0, 0.05) is 24.4 Å². The second-order valence-corrected chi connectivity index (χ2v) is 8.89. The fourth-order valence-corrected chi connectivity index (χ4v) is 3.87. The van der Waals surface area contributed by atoms with Crippen LogP contribution in [0.1, 0.15) is 25.3 Å². The molecule has 0 saturated carbocycles. The van der Waals surface area contributed by atoms with Gasteiger partial charge in [-0.1, -0.05) is 12.1 Å². The zero-order valence-electron chi connectivity index (χ0n) is 17.9. The molecule has 2 N–H and O–H groups in total. The summed E-state index contributed by atoms with van der Waals surface area (Å²) in [6.45, 7) is 3.69. The molecule has 0 fully saturated rings. The topological polar surface area (TPSA) is 80.3 Å². The van der Waals surface area contributed by atoms with Crippen molar-refractivity contribution in [2.24, 2.45) is 5.41 Å². The zero-order valence-corrected chi connectivity index (χ0v) is 18.7. The van der Waals surface area contributed by atoms with Crippen LogP contribution < -0.4 is 10.6 Å². The first kappa shape index (κ1) is 23.3. The third-order valence-electron chi connectivity index (χ3n) is 4.86. The summed E-state index contributed by atoms with van der Waals surface area (Å²) in [6.07, 6.45) is 3.06. The van der Waals surface area contributed by atoms with Crippen molar-refractivity contribution in [3.05, 3.63) is 65.3 Å². The van der Waals surface area contributed by atoms with Gasteiger partial charge in [-0.2, -0.15) is 0 Å². The van der Waals surface area contributed by atoms with Gasteiger partial charge in [0.25, 0.3) is 0 Å². The Kier molecular flexibility index (Phi) is 7.19. The van der Waals surface area contributed by atoms with Crippen LogP contribution in [0.3, 0.4) is 0 Å². The number of methoxy groups -OCH3 is 1. The zero-order chi connectivity index (χ0) is 23.3. The fraction of sp³-hybridized carbons (Fsp3) is 0.261. The molecule has 2 aromatic carbocycles. The number of aromatic nitrogens is 1. The number of carbonyl (C=O) groups is 2. The number of halogens is 2. The van der Waals surface area contributed by atoms with Gasteiger partial charge in [0.15, 0.2) is 0 Å². The Labute approximate surface area is 188 Å². The van der Waals surface area contributed by atoms with Crippen LogP contribution in [0.2, 0.25) is 0 Å². The smallest absolute Gasteiger partial charge is 0.323 e. The van der Waals surface area contributed by atoms with E-state index in [2.05, 4.69) is 15.6 Å². The van der Waals surface area contributed by atoms with E-state index < -0.39 is 23.1 Å². The van der Waals surface area contributed by atoms with Crippen molar-refractivity contribution < 1.29 is 23.1 Å². The molecule has 168 valence electrons. The molecule has 3 rings (SSSR count). The second kappa shape index (κ2) is 9.86. The average Bonchev–Trinajstić information content (AvgIpc) is 3.23. The quantitative estimate of drug-likeness (QED) is 0.434. The number of anilines is 2. The highest BCUT2D eigenvalue weighted by Gasteiger charge is 2.28. The summed E-state index contributed by atoms with van der Waals surface area (Å²) in [6, 6.07) is 9.38. The molecule has 0 saturated heterocycles. The third kappa shape index (κ3) is 5.88. The molecule has 2 amide bonds. The summed E-state index contributed by atoms with van der Waals surface area (Å²) in [4.78, 5) is 29.3.